The average Bonchev–Trinajstić information content (AvgIpc) is 3.00. The second-order valence-electron chi connectivity index (χ2n) is 6.13. The Bertz CT molecular complexity index is 541. The van der Waals surface area contributed by atoms with E-state index in [9.17, 15) is 13.5 Å². The summed E-state index contributed by atoms with van der Waals surface area (Å²) in [4.78, 5) is 1.16. The highest BCUT2D eigenvalue weighted by molar-refractivity contribution is 7.87. The van der Waals surface area contributed by atoms with Crippen molar-refractivity contribution < 1.29 is 13.5 Å². The number of nitrogens with zero attached hydrogens (tertiary/aromatic N) is 1. The molecule has 0 spiro atoms. The van der Waals surface area contributed by atoms with Gasteiger partial charge >= 0.3 is 0 Å². The highest BCUT2D eigenvalue weighted by atomic mass is 32.2. The third-order valence-electron chi connectivity index (χ3n) is 3.98. The van der Waals surface area contributed by atoms with Crippen LogP contribution in [0.15, 0.2) is 17.5 Å². The van der Waals surface area contributed by atoms with Crippen molar-refractivity contribution in [1.29, 1.82) is 0 Å². The van der Waals surface area contributed by atoms with Gasteiger partial charge in [0.05, 0.1) is 6.61 Å². The average molecular weight is 332 g/mol. The molecule has 0 saturated carbocycles. The Labute approximate surface area is 131 Å². The molecule has 0 radical (unpaired) electrons. The van der Waals surface area contributed by atoms with Crippen LogP contribution >= 0.6 is 11.3 Å². The lowest BCUT2D eigenvalue weighted by Crippen LogP contribution is -2.52. The molecule has 2 heterocycles. The summed E-state index contributed by atoms with van der Waals surface area (Å²) in [5, 5.41) is 11.4. The maximum Gasteiger partial charge on any atom is 0.279 e. The molecule has 1 unspecified atom stereocenters. The van der Waals surface area contributed by atoms with Gasteiger partial charge in [-0.15, -0.1) is 11.3 Å². The monoisotopic (exact) mass is 332 g/mol. The van der Waals surface area contributed by atoms with E-state index >= 15 is 0 Å². The molecule has 0 aliphatic carbocycles. The van der Waals surface area contributed by atoms with Gasteiger partial charge in [-0.2, -0.15) is 12.7 Å². The minimum atomic E-state index is -3.54. The first-order valence-electron chi connectivity index (χ1n) is 7.28. The molecule has 1 aliphatic heterocycles. The molecule has 1 aliphatic rings. The van der Waals surface area contributed by atoms with Gasteiger partial charge in [0.1, 0.15) is 0 Å². The molecule has 120 valence electrons. The van der Waals surface area contributed by atoms with Gasteiger partial charge in [0.2, 0.25) is 0 Å². The van der Waals surface area contributed by atoms with E-state index in [-0.39, 0.29) is 18.1 Å². The summed E-state index contributed by atoms with van der Waals surface area (Å²) in [5.41, 5.74) is -0.244. The first kappa shape index (κ1) is 16.9. The molecule has 0 amide bonds. The third kappa shape index (κ3) is 4.04. The lowest BCUT2D eigenvalue weighted by atomic mass is 9.92. The normalized spacial score (nSPS) is 21.6. The number of hydrogen-bond acceptors (Lipinski definition) is 4. The highest BCUT2D eigenvalue weighted by Gasteiger charge is 2.33. The molecule has 5 nitrogen and oxygen atoms in total. The molecule has 0 bridgehead atoms. The van der Waals surface area contributed by atoms with E-state index in [0.717, 1.165) is 24.1 Å². The fourth-order valence-corrected chi connectivity index (χ4v) is 5.07. The van der Waals surface area contributed by atoms with E-state index in [1.165, 1.54) is 4.31 Å². The molecule has 1 atom stereocenters. The summed E-state index contributed by atoms with van der Waals surface area (Å²) in [6.45, 7) is 4.78. The fourth-order valence-electron chi connectivity index (χ4n) is 2.58. The second-order valence-corrected chi connectivity index (χ2v) is 8.79. The van der Waals surface area contributed by atoms with Gasteiger partial charge in [0.25, 0.3) is 10.2 Å². The van der Waals surface area contributed by atoms with Crippen LogP contribution in [0.5, 0.6) is 0 Å². The summed E-state index contributed by atoms with van der Waals surface area (Å²) in [7, 11) is -3.54. The van der Waals surface area contributed by atoms with Crippen molar-refractivity contribution in [2.45, 2.75) is 44.6 Å². The number of rotatable bonds is 6. The predicted molar refractivity (Wildman–Crippen MR) is 85.7 cm³/mol. The molecular weight excluding hydrogens is 308 g/mol. The number of nitrogens with one attached hydrogen (secondary N) is 1. The molecule has 1 fully saturated rings. The highest BCUT2D eigenvalue weighted by Crippen LogP contribution is 2.27. The van der Waals surface area contributed by atoms with Crippen LogP contribution in [-0.2, 0) is 15.6 Å². The lowest BCUT2D eigenvalue weighted by Gasteiger charge is -2.34. The Morgan fingerprint density at radius 1 is 1.48 bits per heavy atom. The van der Waals surface area contributed by atoms with Crippen LogP contribution in [-0.4, -0.2) is 43.6 Å². The van der Waals surface area contributed by atoms with Crippen molar-refractivity contribution in [1.82, 2.24) is 9.03 Å². The van der Waals surface area contributed by atoms with Gasteiger partial charge in [-0.05, 0) is 24.3 Å². The van der Waals surface area contributed by atoms with E-state index in [4.69, 9.17) is 0 Å². The standard InChI is InChI=1S/C14H24N2O3S2/c1-14(2,13-7-5-9-20-13)11-15-21(18,19)16-8-4-3-6-12(16)10-17/h5,7,9,12,15,17H,3-4,6,8,10-11H2,1-2H3. The SMILES string of the molecule is CC(C)(CNS(=O)(=O)N1CCCCC1CO)c1cccs1. The number of piperidine rings is 1. The van der Waals surface area contributed by atoms with Crippen molar-refractivity contribution in [3.05, 3.63) is 22.4 Å². The van der Waals surface area contributed by atoms with Gasteiger partial charge in [-0.1, -0.05) is 26.3 Å². The van der Waals surface area contributed by atoms with Crippen LogP contribution in [0, 0.1) is 0 Å². The van der Waals surface area contributed by atoms with Crippen LogP contribution < -0.4 is 4.72 Å². The van der Waals surface area contributed by atoms with Gasteiger partial charge < -0.3 is 5.11 Å². The summed E-state index contributed by atoms with van der Waals surface area (Å²) >= 11 is 1.63. The molecule has 2 rings (SSSR count). The van der Waals surface area contributed by atoms with E-state index in [1.54, 1.807) is 11.3 Å². The van der Waals surface area contributed by atoms with Crippen LogP contribution in [0.4, 0.5) is 0 Å². The quantitative estimate of drug-likeness (QED) is 0.833. The van der Waals surface area contributed by atoms with Crippen molar-refractivity contribution >= 4 is 21.5 Å². The van der Waals surface area contributed by atoms with Gasteiger partial charge in [-0.25, -0.2) is 4.72 Å². The van der Waals surface area contributed by atoms with Crippen molar-refractivity contribution in [2.24, 2.45) is 0 Å². The van der Waals surface area contributed by atoms with Crippen molar-refractivity contribution in [3.63, 3.8) is 0 Å². The molecule has 1 aromatic rings. The van der Waals surface area contributed by atoms with Crippen LogP contribution in [0.3, 0.4) is 0 Å². The Hall–Kier alpha value is -0.470. The first-order valence-corrected chi connectivity index (χ1v) is 9.60. The molecule has 1 aromatic heterocycles. The Morgan fingerprint density at radius 2 is 2.24 bits per heavy atom. The Balaban J connectivity index is 2.04. The predicted octanol–water partition coefficient (Wildman–Crippen LogP) is 1.71. The van der Waals surface area contributed by atoms with Crippen LogP contribution in [0.2, 0.25) is 0 Å². The summed E-state index contributed by atoms with van der Waals surface area (Å²) in [6, 6.07) is 3.71. The first-order chi connectivity index (χ1) is 9.87. The molecular formula is C14H24N2O3S2. The zero-order chi connectivity index (χ0) is 15.5. The number of aliphatic hydroxyl groups excluding tert-OH is 1. The molecule has 7 heteroatoms. The topological polar surface area (TPSA) is 69.6 Å². The fraction of sp³-hybridized carbons (Fsp3) is 0.714. The summed E-state index contributed by atoms with van der Waals surface area (Å²) < 4.78 is 29.1. The number of thiophene rings is 1. The van der Waals surface area contributed by atoms with Gasteiger partial charge in [-0.3, -0.25) is 0 Å². The summed E-state index contributed by atoms with van der Waals surface area (Å²) in [5.74, 6) is 0. The Kier molecular flexibility index (Phi) is 5.43. The number of hydrogen-bond donors (Lipinski definition) is 2. The lowest BCUT2D eigenvalue weighted by molar-refractivity contribution is 0.153. The summed E-state index contributed by atoms with van der Waals surface area (Å²) in [6.07, 6.45) is 2.55. The third-order valence-corrected chi connectivity index (χ3v) is 6.82. The van der Waals surface area contributed by atoms with Gasteiger partial charge in [0.15, 0.2) is 0 Å². The maximum absolute atomic E-state index is 12.5. The van der Waals surface area contributed by atoms with E-state index < -0.39 is 10.2 Å². The Morgan fingerprint density at radius 3 is 2.86 bits per heavy atom. The zero-order valence-corrected chi connectivity index (χ0v) is 14.2. The maximum atomic E-state index is 12.5. The second kappa shape index (κ2) is 6.75. The van der Waals surface area contributed by atoms with Crippen LogP contribution in [0.1, 0.15) is 38.0 Å². The number of aliphatic hydroxyl groups is 1. The molecule has 2 N–H and O–H groups in total. The van der Waals surface area contributed by atoms with E-state index in [2.05, 4.69) is 4.72 Å². The zero-order valence-electron chi connectivity index (χ0n) is 12.6. The van der Waals surface area contributed by atoms with Crippen molar-refractivity contribution in [3.8, 4) is 0 Å². The molecule has 21 heavy (non-hydrogen) atoms. The smallest absolute Gasteiger partial charge is 0.279 e. The minimum absolute atomic E-state index is 0.116. The van der Waals surface area contributed by atoms with Gasteiger partial charge in [0, 0.05) is 29.4 Å². The van der Waals surface area contributed by atoms with E-state index in [0.29, 0.717) is 13.1 Å². The largest absolute Gasteiger partial charge is 0.395 e. The molecule has 0 aromatic carbocycles. The van der Waals surface area contributed by atoms with Crippen LogP contribution in [0.25, 0.3) is 0 Å². The van der Waals surface area contributed by atoms with E-state index in [1.807, 2.05) is 31.4 Å². The molecule has 1 saturated heterocycles. The van der Waals surface area contributed by atoms with Crippen molar-refractivity contribution in [2.75, 3.05) is 19.7 Å². The minimum Gasteiger partial charge on any atom is -0.395 e.